The van der Waals surface area contributed by atoms with Gasteiger partial charge < -0.3 is 15.2 Å². The van der Waals surface area contributed by atoms with Crippen molar-refractivity contribution in [3.63, 3.8) is 0 Å². The van der Waals surface area contributed by atoms with Crippen LogP contribution in [0.15, 0.2) is 24.3 Å². The molecule has 1 amide bonds. The first-order chi connectivity index (χ1) is 8.59. The first-order valence-corrected chi connectivity index (χ1v) is 6.31. The average Bonchev–Trinajstić information content (AvgIpc) is 2.38. The third-order valence-electron chi connectivity index (χ3n) is 3.11. The van der Waals surface area contributed by atoms with Crippen molar-refractivity contribution in [2.24, 2.45) is 0 Å². The molecule has 1 saturated heterocycles. The van der Waals surface area contributed by atoms with Crippen LogP contribution in [-0.2, 0) is 4.74 Å². The van der Waals surface area contributed by atoms with Gasteiger partial charge in [0.2, 0.25) is 0 Å². The van der Waals surface area contributed by atoms with Crippen LogP contribution in [-0.4, -0.2) is 36.4 Å². The second-order valence-electron chi connectivity index (χ2n) is 4.53. The van der Waals surface area contributed by atoms with Crippen molar-refractivity contribution in [3.8, 4) is 0 Å². The Kier molecular flexibility index (Phi) is 4.22. The standard InChI is InChI=1S/C13H16ClNO3/c14-11-3-1-10(2-4-11)12(16)15-9-13(17)5-7-18-8-6-13/h1-4,17H,5-9H2,(H,15,16). The van der Waals surface area contributed by atoms with Gasteiger partial charge in [0, 0.05) is 43.2 Å². The molecule has 5 heteroatoms. The second kappa shape index (κ2) is 5.69. The highest BCUT2D eigenvalue weighted by molar-refractivity contribution is 6.30. The predicted octanol–water partition coefficient (Wildman–Crippen LogP) is 1.61. The monoisotopic (exact) mass is 269 g/mol. The Balaban J connectivity index is 1.89. The van der Waals surface area contributed by atoms with Crippen molar-refractivity contribution in [2.75, 3.05) is 19.8 Å². The molecule has 1 aromatic carbocycles. The summed E-state index contributed by atoms with van der Waals surface area (Å²) in [5.41, 5.74) is -0.310. The molecule has 0 aliphatic carbocycles. The molecule has 0 bridgehead atoms. The minimum atomic E-state index is -0.847. The lowest BCUT2D eigenvalue weighted by Gasteiger charge is -2.32. The summed E-state index contributed by atoms with van der Waals surface area (Å²) in [5, 5.41) is 13.5. The molecule has 0 atom stereocenters. The third-order valence-corrected chi connectivity index (χ3v) is 3.36. The van der Waals surface area contributed by atoms with Gasteiger partial charge in [-0.05, 0) is 24.3 Å². The van der Waals surface area contributed by atoms with Gasteiger partial charge in [-0.15, -0.1) is 0 Å². The normalized spacial score (nSPS) is 18.3. The number of hydrogen-bond acceptors (Lipinski definition) is 3. The van der Waals surface area contributed by atoms with Crippen LogP contribution in [0.2, 0.25) is 5.02 Å². The molecular weight excluding hydrogens is 254 g/mol. The van der Waals surface area contributed by atoms with Gasteiger partial charge in [0.1, 0.15) is 0 Å². The number of carbonyl (C=O) groups is 1. The maximum absolute atomic E-state index is 11.8. The van der Waals surface area contributed by atoms with E-state index in [0.717, 1.165) is 0 Å². The van der Waals surface area contributed by atoms with E-state index in [0.29, 0.717) is 36.6 Å². The second-order valence-corrected chi connectivity index (χ2v) is 4.96. The molecule has 0 saturated carbocycles. The zero-order valence-corrected chi connectivity index (χ0v) is 10.7. The van der Waals surface area contributed by atoms with E-state index in [1.165, 1.54) is 0 Å². The van der Waals surface area contributed by atoms with Crippen molar-refractivity contribution in [2.45, 2.75) is 18.4 Å². The van der Waals surface area contributed by atoms with Crippen LogP contribution in [0.5, 0.6) is 0 Å². The van der Waals surface area contributed by atoms with Crippen LogP contribution in [0, 0.1) is 0 Å². The highest BCUT2D eigenvalue weighted by atomic mass is 35.5. The van der Waals surface area contributed by atoms with E-state index >= 15 is 0 Å². The van der Waals surface area contributed by atoms with Gasteiger partial charge in [-0.25, -0.2) is 0 Å². The molecule has 18 heavy (non-hydrogen) atoms. The molecule has 1 fully saturated rings. The summed E-state index contributed by atoms with van der Waals surface area (Å²) in [7, 11) is 0. The van der Waals surface area contributed by atoms with Gasteiger partial charge in [-0.1, -0.05) is 11.6 Å². The summed E-state index contributed by atoms with van der Waals surface area (Å²) in [4.78, 5) is 11.8. The number of amides is 1. The summed E-state index contributed by atoms with van der Waals surface area (Å²) in [6, 6.07) is 6.65. The number of rotatable bonds is 3. The molecule has 0 radical (unpaired) electrons. The summed E-state index contributed by atoms with van der Waals surface area (Å²) >= 11 is 5.75. The van der Waals surface area contributed by atoms with Crippen LogP contribution in [0.3, 0.4) is 0 Å². The smallest absolute Gasteiger partial charge is 0.251 e. The minimum absolute atomic E-state index is 0.202. The number of halogens is 1. The predicted molar refractivity (Wildman–Crippen MR) is 68.8 cm³/mol. The summed E-state index contributed by atoms with van der Waals surface area (Å²) < 4.78 is 5.18. The van der Waals surface area contributed by atoms with Crippen molar-refractivity contribution < 1.29 is 14.6 Å². The Labute approximate surface area is 111 Å². The lowest BCUT2D eigenvalue weighted by Crippen LogP contribution is -2.46. The van der Waals surface area contributed by atoms with E-state index in [9.17, 15) is 9.90 Å². The number of hydrogen-bond donors (Lipinski definition) is 2. The number of ether oxygens (including phenoxy) is 1. The van der Waals surface area contributed by atoms with E-state index < -0.39 is 5.60 Å². The SMILES string of the molecule is O=C(NCC1(O)CCOCC1)c1ccc(Cl)cc1. The van der Waals surface area contributed by atoms with Gasteiger partial charge in [0.25, 0.3) is 5.91 Å². The molecule has 1 aliphatic rings. The number of aliphatic hydroxyl groups is 1. The highest BCUT2D eigenvalue weighted by Gasteiger charge is 2.30. The Morgan fingerprint density at radius 1 is 1.33 bits per heavy atom. The minimum Gasteiger partial charge on any atom is -0.388 e. The van der Waals surface area contributed by atoms with Gasteiger partial charge in [-0.2, -0.15) is 0 Å². The molecule has 1 aliphatic heterocycles. The fraction of sp³-hybridized carbons (Fsp3) is 0.462. The maximum atomic E-state index is 11.8. The van der Waals surface area contributed by atoms with E-state index in [2.05, 4.69) is 5.32 Å². The quantitative estimate of drug-likeness (QED) is 0.877. The zero-order chi connectivity index (χ0) is 13.0. The van der Waals surface area contributed by atoms with Crippen molar-refractivity contribution >= 4 is 17.5 Å². The molecule has 1 aromatic rings. The molecule has 98 valence electrons. The summed E-state index contributed by atoms with van der Waals surface area (Å²) in [6.45, 7) is 1.32. The van der Waals surface area contributed by atoms with Crippen molar-refractivity contribution in [1.82, 2.24) is 5.32 Å². The summed E-state index contributed by atoms with van der Waals surface area (Å²) in [6.07, 6.45) is 1.10. The first-order valence-electron chi connectivity index (χ1n) is 5.93. The van der Waals surface area contributed by atoms with Crippen molar-refractivity contribution in [1.29, 1.82) is 0 Å². The lowest BCUT2D eigenvalue weighted by atomic mass is 9.94. The van der Waals surface area contributed by atoms with Crippen LogP contribution >= 0.6 is 11.6 Å². The molecule has 0 spiro atoms. The zero-order valence-electron chi connectivity index (χ0n) is 9.99. The molecule has 1 heterocycles. The van der Waals surface area contributed by atoms with Gasteiger partial charge >= 0.3 is 0 Å². The lowest BCUT2D eigenvalue weighted by molar-refractivity contribution is -0.0605. The first kappa shape index (κ1) is 13.3. The fourth-order valence-electron chi connectivity index (χ4n) is 1.88. The van der Waals surface area contributed by atoms with Gasteiger partial charge in [-0.3, -0.25) is 4.79 Å². The Bertz CT molecular complexity index is 413. The number of nitrogens with one attached hydrogen (secondary N) is 1. The van der Waals surface area contributed by atoms with E-state index in [-0.39, 0.29) is 12.5 Å². The largest absolute Gasteiger partial charge is 0.388 e. The number of benzene rings is 1. The molecule has 0 aromatic heterocycles. The van der Waals surface area contributed by atoms with E-state index in [1.54, 1.807) is 24.3 Å². The molecule has 0 unspecified atom stereocenters. The summed E-state index contributed by atoms with van der Waals surface area (Å²) in [5.74, 6) is -0.202. The Hall–Kier alpha value is -1.10. The third kappa shape index (κ3) is 3.45. The molecule has 2 N–H and O–H groups in total. The topological polar surface area (TPSA) is 58.6 Å². The maximum Gasteiger partial charge on any atom is 0.251 e. The van der Waals surface area contributed by atoms with Crippen molar-refractivity contribution in [3.05, 3.63) is 34.9 Å². The van der Waals surface area contributed by atoms with E-state index in [1.807, 2.05) is 0 Å². The number of carbonyl (C=O) groups excluding carboxylic acids is 1. The Morgan fingerprint density at radius 3 is 2.56 bits per heavy atom. The van der Waals surface area contributed by atoms with E-state index in [4.69, 9.17) is 16.3 Å². The van der Waals surface area contributed by atoms with Crippen LogP contribution in [0.25, 0.3) is 0 Å². The van der Waals surface area contributed by atoms with Crippen LogP contribution < -0.4 is 5.32 Å². The Morgan fingerprint density at radius 2 is 1.94 bits per heavy atom. The molecule has 2 rings (SSSR count). The van der Waals surface area contributed by atoms with Crippen LogP contribution in [0.1, 0.15) is 23.2 Å². The fourth-order valence-corrected chi connectivity index (χ4v) is 2.00. The average molecular weight is 270 g/mol. The molecular formula is C13H16ClNO3. The van der Waals surface area contributed by atoms with Gasteiger partial charge in [0.05, 0.1) is 5.60 Å². The van der Waals surface area contributed by atoms with Gasteiger partial charge in [0.15, 0.2) is 0 Å². The highest BCUT2D eigenvalue weighted by Crippen LogP contribution is 2.19. The van der Waals surface area contributed by atoms with Crippen LogP contribution in [0.4, 0.5) is 0 Å². The molecule has 4 nitrogen and oxygen atoms in total.